The van der Waals surface area contributed by atoms with Gasteiger partial charge >= 0.3 is 0 Å². The van der Waals surface area contributed by atoms with E-state index < -0.39 is 0 Å². The van der Waals surface area contributed by atoms with Crippen LogP contribution in [-0.2, 0) is 13.2 Å². The summed E-state index contributed by atoms with van der Waals surface area (Å²) in [4.78, 5) is 0. The first kappa shape index (κ1) is 13.5. The van der Waals surface area contributed by atoms with Crippen molar-refractivity contribution in [2.45, 2.75) is 13.2 Å². The third-order valence-electron chi connectivity index (χ3n) is 3.66. The van der Waals surface area contributed by atoms with Crippen molar-refractivity contribution < 1.29 is 10.2 Å². The maximum Gasteiger partial charge on any atom is 0.121 e. The third kappa shape index (κ3) is 2.69. The van der Waals surface area contributed by atoms with Gasteiger partial charge in [0, 0.05) is 23.4 Å². The number of phenolic OH excluding ortho intramolecular Hbond substituents is 1. The van der Waals surface area contributed by atoms with Gasteiger partial charge in [-0.05, 0) is 22.9 Å². The maximum absolute atomic E-state index is 10.1. The molecule has 3 nitrogen and oxygen atoms in total. The highest BCUT2D eigenvalue weighted by molar-refractivity contribution is 5.87. The van der Waals surface area contributed by atoms with Gasteiger partial charge in [-0.25, -0.2) is 0 Å². The van der Waals surface area contributed by atoms with Gasteiger partial charge in [0.25, 0.3) is 0 Å². The Balaban J connectivity index is 1.93. The van der Waals surface area contributed by atoms with Crippen LogP contribution in [0.4, 0.5) is 5.69 Å². The van der Waals surface area contributed by atoms with Gasteiger partial charge in [0.05, 0.1) is 6.61 Å². The predicted molar refractivity (Wildman–Crippen MR) is 85.3 cm³/mol. The molecule has 3 aromatic rings. The Bertz CT molecular complexity index is 768. The molecule has 0 fully saturated rings. The molecule has 0 radical (unpaired) electrons. The minimum atomic E-state index is -0.00923. The third-order valence-corrected chi connectivity index (χ3v) is 3.66. The lowest BCUT2D eigenvalue weighted by Crippen LogP contribution is -2.03. The van der Waals surface area contributed by atoms with Crippen LogP contribution in [0.25, 0.3) is 10.8 Å². The van der Waals surface area contributed by atoms with E-state index in [1.807, 2.05) is 54.6 Å². The van der Waals surface area contributed by atoms with Gasteiger partial charge in [-0.1, -0.05) is 48.5 Å². The number of phenols is 1. The number of aromatic hydroxyl groups is 1. The molecular formula is C18H17NO2. The van der Waals surface area contributed by atoms with Gasteiger partial charge in [0.15, 0.2) is 0 Å². The van der Waals surface area contributed by atoms with Gasteiger partial charge in [-0.15, -0.1) is 0 Å². The second-order valence-electron chi connectivity index (χ2n) is 4.95. The van der Waals surface area contributed by atoms with Crippen LogP contribution >= 0.6 is 0 Å². The highest BCUT2D eigenvalue weighted by Gasteiger charge is 2.07. The Morgan fingerprint density at radius 1 is 0.857 bits per heavy atom. The SMILES string of the molecule is OCc1ccccc1NCc1c(O)ccc2ccccc12. The average molecular weight is 279 g/mol. The molecule has 0 aromatic heterocycles. The van der Waals surface area contributed by atoms with E-state index in [1.165, 1.54) is 0 Å². The average Bonchev–Trinajstić information content (AvgIpc) is 2.54. The van der Waals surface area contributed by atoms with E-state index in [-0.39, 0.29) is 12.4 Å². The number of hydrogen-bond acceptors (Lipinski definition) is 3. The summed E-state index contributed by atoms with van der Waals surface area (Å²) >= 11 is 0. The summed E-state index contributed by atoms with van der Waals surface area (Å²) in [5.74, 6) is 0.280. The number of benzene rings is 3. The molecule has 0 unspecified atom stereocenters. The quantitative estimate of drug-likeness (QED) is 0.683. The fraction of sp³-hybridized carbons (Fsp3) is 0.111. The van der Waals surface area contributed by atoms with Crippen LogP contribution in [0.1, 0.15) is 11.1 Å². The summed E-state index contributed by atoms with van der Waals surface area (Å²) in [5.41, 5.74) is 2.59. The Hall–Kier alpha value is -2.52. The highest BCUT2D eigenvalue weighted by Crippen LogP contribution is 2.28. The van der Waals surface area contributed by atoms with Crippen LogP contribution in [0.15, 0.2) is 60.7 Å². The first-order valence-corrected chi connectivity index (χ1v) is 6.92. The first-order valence-electron chi connectivity index (χ1n) is 6.92. The number of para-hydroxylation sites is 1. The molecular weight excluding hydrogens is 262 g/mol. The maximum atomic E-state index is 10.1. The van der Waals surface area contributed by atoms with E-state index in [1.54, 1.807) is 6.07 Å². The molecule has 106 valence electrons. The number of hydrogen-bond donors (Lipinski definition) is 3. The number of anilines is 1. The molecule has 3 rings (SSSR count). The molecule has 3 heteroatoms. The highest BCUT2D eigenvalue weighted by atomic mass is 16.3. The molecule has 0 saturated heterocycles. The lowest BCUT2D eigenvalue weighted by Gasteiger charge is -2.13. The Morgan fingerprint density at radius 2 is 1.62 bits per heavy atom. The Kier molecular flexibility index (Phi) is 3.75. The van der Waals surface area contributed by atoms with Crippen molar-refractivity contribution in [3.63, 3.8) is 0 Å². The molecule has 0 spiro atoms. The van der Waals surface area contributed by atoms with Crippen LogP contribution in [-0.4, -0.2) is 10.2 Å². The topological polar surface area (TPSA) is 52.5 Å². The van der Waals surface area contributed by atoms with Crippen molar-refractivity contribution in [1.29, 1.82) is 0 Å². The van der Waals surface area contributed by atoms with E-state index >= 15 is 0 Å². The van der Waals surface area contributed by atoms with Crippen LogP contribution in [0.5, 0.6) is 5.75 Å². The van der Waals surface area contributed by atoms with Crippen LogP contribution in [0.3, 0.4) is 0 Å². The Labute approximate surface area is 123 Å². The summed E-state index contributed by atoms with van der Waals surface area (Å²) < 4.78 is 0. The first-order chi connectivity index (χ1) is 10.3. The standard InChI is InChI=1S/C18H17NO2/c20-12-14-6-2-4-8-17(14)19-11-16-15-7-3-1-5-13(15)9-10-18(16)21/h1-10,19-21H,11-12H2. The van der Waals surface area contributed by atoms with E-state index in [9.17, 15) is 10.2 Å². The smallest absolute Gasteiger partial charge is 0.121 e. The number of fused-ring (bicyclic) bond motifs is 1. The van der Waals surface area contributed by atoms with Crippen LogP contribution < -0.4 is 5.32 Å². The van der Waals surface area contributed by atoms with Gasteiger partial charge < -0.3 is 15.5 Å². The molecule has 0 atom stereocenters. The zero-order chi connectivity index (χ0) is 14.7. The minimum Gasteiger partial charge on any atom is -0.508 e. The molecule has 0 amide bonds. The van der Waals surface area contributed by atoms with E-state index in [0.29, 0.717) is 6.54 Å². The molecule has 21 heavy (non-hydrogen) atoms. The predicted octanol–water partition coefficient (Wildman–Crippen LogP) is 3.65. The molecule has 0 heterocycles. The minimum absolute atomic E-state index is 0.00923. The summed E-state index contributed by atoms with van der Waals surface area (Å²) in [6, 6.07) is 19.2. The molecule has 0 aliphatic heterocycles. The van der Waals surface area contributed by atoms with Crippen molar-refractivity contribution >= 4 is 16.5 Å². The van der Waals surface area contributed by atoms with Gasteiger partial charge in [-0.2, -0.15) is 0 Å². The van der Waals surface area contributed by atoms with Crippen molar-refractivity contribution in [2.75, 3.05) is 5.32 Å². The molecule has 3 N–H and O–H groups in total. The van der Waals surface area contributed by atoms with Gasteiger partial charge in [-0.3, -0.25) is 0 Å². The zero-order valence-electron chi connectivity index (χ0n) is 11.6. The summed E-state index contributed by atoms with van der Waals surface area (Å²) in [5, 5.41) is 24.9. The lowest BCUT2D eigenvalue weighted by molar-refractivity contribution is 0.282. The number of aliphatic hydroxyl groups is 1. The molecule has 3 aromatic carbocycles. The summed E-state index contributed by atoms with van der Waals surface area (Å²) in [6.07, 6.45) is 0. The van der Waals surface area contributed by atoms with E-state index in [0.717, 1.165) is 27.6 Å². The van der Waals surface area contributed by atoms with Gasteiger partial charge in [0.1, 0.15) is 5.75 Å². The largest absolute Gasteiger partial charge is 0.508 e. The van der Waals surface area contributed by atoms with Crippen LogP contribution in [0.2, 0.25) is 0 Å². The fourth-order valence-corrected chi connectivity index (χ4v) is 2.52. The molecule has 0 saturated carbocycles. The second kappa shape index (κ2) is 5.85. The van der Waals surface area contributed by atoms with Crippen molar-refractivity contribution in [1.82, 2.24) is 0 Å². The van der Waals surface area contributed by atoms with Crippen molar-refractivity contribution in [2.24, 2.45) is 0 Å². The lowest BCUT2D eigenvalue weighted by atomic mass is 10.0. The van der Waals surface area contributed by atoms with Gasteiger partial charge in [0.2, 0.25) is 0 Å². The fourth-order valence-electron chi connectivity index (χ4n) is 2.52. The molecule has 0 aliphatic rings. The summed E-state index contributed by atoms with van der Waals surface area (Å²) in [6.45, 7) is 0.495. The van der Waals surface area contributed by atoms with Crippen molar-refractivity contribution in [3.05, 3.63) is 71.8 Å². The second-order valence-corrected chi connectivity index (χ2v) is 4.95. The van der Waals surface area contributed by atoms with Crippen LogP contribution in [0, 0.1) is 0 Å². The monoisotopic (exact) mass is 279 g/mol. The van der Waals surface area contributed by atoms with E-state index in [4.69, 9.17) is 0 Å². The number of rotatable bonds is 4. The molecule has 0 bridgehead atoms. The Morgan fingerprint density at radius 3 is 2.48 bits per heavy atom. The molecule has 0 aliphatic carbocycles. The zero-order valence-corrected chi connectivity index (χ0v) is 11.6. The number of nitrogens with one attached hydrogen (secondary N) is 1. The number of aliphatic hydroxyl groups excluding tert-OH is 1. The van der Waals surface area contributed by atoms with E-state index in [2.05, 4.69) is 5.32 Å². The van der Waals surface area contributed by atoms with Crippen molar-refractivity contribution in [3.8, 4) is 5.75 Å². The normalized spacial score (nSPS) is 10.7. The summed E-state index contributed by atoms with van der Waals surface area (Å²) in [7, 11) is 0.